The number of rotatable bonds is 4. The van der Waals surface area contributed by atoms with Gasteiger partial charge in [0.2, 0.25) is 0 Å². The second kappa shape index (κ2) is 9.84. The zero-order valence-corrected chi connectivity index (χ0v) is 8.60. The maximum Gasteiger partial charge on any atom is 0.129 e. The number of unbranched alkanes of at least 4 members (excludes halogenated alkanes) is 1. The molecule has 0 fully saturated rings. The molecule has 0 atom stereocenters. The molecule has 0 unspecified atom stereocenters. The number of ketones is 1. The van der Waals surface area contributed by atoms with Gasteiger partial charge in [0, 0.05) is 19.3 Å². The number of hydrogen-bond acceptors (Lipinski definition) is 2. The summed E-state index contributed by atoms with van der Waals surface area (Å²) in [5.41, 5.74) is 0. The van der Waals surface area contributed by atoms with E-state index in [1.807, 2.05) is 0 Å². The van der Waals surface area contributed by atoms with Crippen LogP contribution in [0.15, 0.2) is 0 Å². The van der Waals surface area contributed by atoms with E-state index >= 15 is 0 Å². The van der Waals surface area contributed by atoms with E-state index in [9.17, 15) is 4.79 Å². The third-order valence-corrected chi connectivity index (χ3v) is 1.49. The lowest BCUT2D eigenvalue weighted by molar-refractivity contribution is -0.117. The maximum absolute atomic E-state index is 10.6. The van der Waals surface area contributed by atoms with Crippen LogP contribution in [-0.4, -0.2) is 17.5 Å². The van der Waals surface area contributed by atoms with Gasteiger partial charge in [-0.25, -0.2) is 0 Å². The molecule has 14 heavy (non-hydrogen) atoms. The molecule has 2 nitrogen and oxygen atoms in total. The predicted molar refractivity (Wildman–Crippen MR) is 56.4 cm³/mol. The number of hydrogen-bond donors (Lipinski definition) is 1. The average Bonchev–Trinajstić information content (AvgIpc) is 2.15. The molecule has 0 aliphatic rings. The number of carbonyl (C=O) groups excluding carboxylic acids is 1. The molecule has 0 rings (SSSR count). The minimum absolute atomic E-state index is 0.110. The van der Waals surface area contributed by atoms with Gasteiger partial charge in [-0.3, -0.25) is 0 Å². The summed E-state index contributed by atoms with van der Waals surface area (Å²) in [6.45, 7) is 1.70. The molecule has 1 N–H and O–H groups in total. The molecule has 2 heteroatoms. The van der Waals surface area contributed by atoms with Crippen molar-refractivity contribution in [3.05, 3.63) is 0 Å². The normalized spacial score (nSPS) is 8.14. The Hall–Kier alpha value is -1.25. The first-order valence-electron chi connectivity index (χ1n) is 4.79. The van der Waals surface area contributed by atoms with E-state index in [0.29, 0.717) is 19.3 Å². The van der Waals surface area contributed by atoms with Crippen LogP contribution in [0.4, 0.5) is 0 Å². The summed E-state index contributed by atoms with van der Waals surface area (Å²) < 4.78 is 0. The molecule has 0 aliphatic heterocycles. The van der Waals surface area contributed by atoms with E-state index in [1.54, 1.807) is 6.92 Å². The highest BCUT2D eigenvalue weighted by Crippen LogP contribution is 1.94. The quantitative estimate of drug-likeness (QED) is 0.541. The Morgan fingerprint density at radius 2 is 1.79 bits per heavy atom. The topological polar surface area (TPSA) is 37.3 Å². The van der Waals surface area contributed by atoms with Crippen molar-refractivity contribution in [2.24, 2.45) is 0 Å². The van der Waals surface area contributed by atoms with Crippen molar-refractivity contribution in [1.82, 2.24) is 0 Å². The van der Waals surface area contributed by atoms with Crippen LogP contribution in [0.3, 0.4) is 0 Å². The minimum Gasteiger partial charge on any atom is -0.395 e. The highest BCUT2D eigenvalue weighted by atomic mass is 16.2. The zero-order chi connectivity index (χ0) is 10.6. The van der Waals surface area contributed by atoms with E-state index in [4.69, 9.17) is 5.11 Å². The van der Waals surface area contributed by atoms with Gasteiger partial charge in [-0.2, -0.15) is 0 Å². The van der Waals surface area contributed by atoms with Crippen LogP contribution in [0.25, 0.3) is 0 Å². The third-order valence-electron chi connectivity index (χ3n) is 1.49. The first kappa shape index (κ1) is 12.8. The first-order valence-corrected chi connectivity index (χ1v) is 4.79. The molecule has 0 amide bonds. The second-order valence-corrected chi connectivity index (χ2v) is 2.91. The summed E-state index contributed by atoms with van der Waals surface area (Å²) in [6, 6.07) is 0. The maximum atomic E-state index is 10.6. The smallest absolute Gasteiger partial charge is 0.129 e. The zero-order valence-electron chi connectivity index (χ0n) is 8.60. The van der Waals surface area contributed by atoms with Crippen molar-refractivity contribution >= 4 is 5.78 Å². The Morgan fingerprint density at radius 1 is 1.14 bits per heavy atom. The van der Waals surface area contributed by atoms with Crippen molar-refractivity contribution in [1.29, 1.82) is 0 Å². The first-order chi connectivity index (χ1) is 6.77. The molecule has 0 radical (unpaired) electrons. The van der Waals surface area contributed by atoms with Crippen LogP contribution in [0.2, 0.25) is 0 Å². The molecule has 0 saturated heterocycles. The van der Waals surface area contributed by atoms with Gasteiger partial charge in [-0.1, -0.05) is 17.8 Å². The Labute approximate surface area is 85.7 Å². The van der Waals surface area contributed by atoms with Gasteiger partial charge in [0.15, 0.2) is 0 Å². The van der Waals surface area contributed by atoms with Gasteiger partial charge in [0.05, 0.1) is 13.0 Å². The Morgan fingerprint density at radius 3 is 2.36 bits per heavy atom. The largest absolute Gasteiger partial charge is 0.395 e. The van der Waals surface area contributed by atoms with E-state index in [-0.39, 0.29) is 12.4 Å². The molecule has 0 aromatic carbocycles. The van der Waals surface area contributed by atoms with Crippen LogP contribution in [-0.2, 0) is 4.79 Å². The fraction of sp³-hybridized carbons (Fsp3) is 0.583. The van der Waals surface area contributed by atoms with Crippen molar-refractivity contribution in [3.8, 4) is 23.7 Å². The second-order valence-electron chi connectivity index (χ2n) is 2.91. The van der Waals surface area contributed by atoms with Crippen LogP contribution in [0, 0.1) is 23.7 Å². The summed E-state index contributed by atoms with van der Waals surface area (Å²) in [7, 11) is 0. The summed E-state index contributed by atoms with van der Waals surface area (Å²) in [4.78, 5) is 10.6. The SMILES string of the molecule is CC(=O)CCCC#CCC#CCCO. The van der Waals surface area contributed by atoms with Gasteiger partial charge >= 0.3 is 0 Å². The molecular formula is C12H16O2. The molecule has 0 aliphatic carbocycles. The van der Waals surface area contributed by atoms with Gasteiger partial charge in [-0.15, -0.1) is 5.92 Å². The monoisotopic (exact) mass is 192 g/mol. The molecule has 0 saturated carbocycles. The van der Waals surface area contributed by atoms with Crippen molar-refractivity contribution in [2.75, 3.05) is 6.61 Å². The lowest BCUT2D eigenvalue weighted by Crippen LogP contribution is -1.87. The summed E-state index contributed by atoms with van der Waals surface area (Å²) in [6.07, 6.45) is 3.30. The number of carbonyl (C=O) groups is 1. The molecule has 0 aromatic heterocycles. The fourth-order valence-corrected chi connectivity index (χ4v) is 0.828. The Kier molecular flexibility index (Phi) is 8.96. The Bertz CT molecular complexity index is 270. The van der Waals surface area contributed by atoms with Gasteiger partial charge < -0.3 is 9.90 Å². The lowest BCUT2D eigenvalue weighted by atomic mass is 10.2. The van der Waals surface area contributed by atoms with E-state index in [2.05, 4.69) is 23.7 Å². The molecular weight excluding hydrogens is 176 g/mol. The summed E-state index contributed by atoms with van der Waals surface area (Å²) in [5, 5.41) is 8.42. The minimum atomic E-state index is 0.110. The Balaban J connectivity index is 3.36. The van der Waals surface area contributed by atoms with E-state index in [0.717, 1.165) is 12.8 Å². The predicted octanol–water partition coefficient (Wildman–Crippen LogP) is 1.52. The average molecular weight is 192 g/mol. The van der Waals surface area contributed by atoms with E-state index in [1.165, 1.54) is 0 Å². The molecule has 0 spiro atoms. The van der Waals surface area contributed by atoms with Gasteiger partial charge in [0.25, 0.3) is 0 Å². The van der Waals surface area contributed by atoms with Crippen LogP contribution in [0.5, 0.6) is 0 Å². The molecule has 0 bridgehead atoms. The van der Waals surface area contributed by atoms with Crippen molar-refractivity contribution in [2.45, 2.75) is 39.0 Å². The van der Waals surface area contributed by atoms with Gasteiger partial charge in [0.1, 0.15) is 5.78 Å². The highest BCUT2D eigenvalue weighted by molar-refractivity contribution is 5.75. The van der Waals surface area contributed by atoms with Crippen LogP contribution < -0.4 is 0 Å². The van der Waals surface area contributed by atoms with Crippen molar-refractivity contribution < 1.29 is 9.90 Å². The third kappa shape index (κ3) is 10.8. The summed E-state index contributed by atoms with van der Waals surface area (Å²) >= 11 is 0. The number of Topliss-reactive ketones (excluding diaryl/α,β-unsaturated/α-hetero) is 1. The fourth-order valence-electron chi connectivity index (χ4n) is 0.828. The number of aliphatic hydroxyl groups excluding tert-OH is 1. The van der Waals surface area contributed by atoms with E-state index < -0.39 is 0 Å². The molecule has 0 heterocycles. The standard InChI is InChI=1S/C12H16O2/c1-12(14)10-8-6-4-2-3-5-7-9-11-13/h13H,3,6,8-11H2,1H3. The van der Waals surface area contributed by atoms with Crippen LogP contribution >= 0.6 is 0 Å². The molecule has 76 valence electrons. The molecule has 0 aromatic rings. The number of aliphatic hydroxyl groups is 1. The van der Waals surface area contributed by atoms with Gasteiger partial charge in [-0.05, 0) is 13.3 Å². The lowest BCUT2D eigenvalue weighted by Gasteiger charge is -1.87. The highest BCUT2D eigenvalue weighted by Gasteiger charge is 1.89. The summed E-state index contributed by atoms with van der Waals surface area (Å²) in [5.74, 6) is 11.7. The van der Waals surface area contributed by atoms with Crippen molar-refractivity contribution in [3.63, 3.8) is 0 Å². The van der Waals surface area contributed by atoms with Crippen LogP contribution in [0.1, 0.15) is 39.0 Å².